The maximum absolute atomic E-state index is 12.9. The van der Waals surface area contributed by atoms with E-state index in [1.807, 2.05) is 12.1 Å². The number of hydrogen-bond acceptors (Lipinski definition) is 1. The van der Waals surface area contributed by atoms with Gasteiger partial charge in [-0.1, -0.05) is 83.5 Å². The van der Waals surface area contributed by atoms with Gasteiger partial charge in [-0.05, 0) is 47.9 Å². The molecule has 0 saturated carbocycles. The smallest absolute Gasteiger partial charge is 0.200 e. The third kappa shape index (κ3) is 8.68. The Morgan fingerprint density at radius 3 is 1.17 bits per heavy atom. The summed E-state index contributed by atoms with van der Waals surface area (Å²) < 4.78 is 68.7. The van der Waals surface area contributed by atoms with Gasteiger partial charge in [0.05, 0.1) is 7.11 Å². The van der Waals surface area contributed by atoms with E-state index in [0.29, 0.717) is 11.8 Å². The minimum atomic E-state index is -2.12. The van der Waals surface area contributed by atoms with E-state index >= 15 is 0 Å². The van der Waals surface area contributed by atoms with Crippen LogP contribution in [0.25, 0.3) is 0 Å². The molecule has 192 valence electrons. The number of benzene rings is 3. The van der Waals surface area contributed by atoms with Crippen molar-refractivity contribution in [1.29, 1.82) is 0 Å². The average Bonchev–Trinajstić information content (AvgIpc) is 2.82. The van der Waals surface area contributed by atoms with Crippen molar-refractivity contribution in [3.05, 3.63) is 99.9 Å². The molecule has 0 radical (unpaired) electrons. The molecule has 0 aliphatic rings. The molecule has 3 aromatic carbocycles. The monoisotopic (exact) mass is 494 g/mol. The van der Waals surface area contributed by atoms with Crippen LogP contribution in [0.15, 0.2) is 48.5 Å². The summed E-state index contributed by atoms with van der Waals surface area (Å²) in [6, 6.07) is 16.9. The van der Waals surface area contributed by atoms with Gasteiger partial charge in [0.2, 0.25) is 5.82 Å². The van der Waals surface area contributed by atoms with Crippen LogP contribution in [-0.2, 0) is 0 Å². The largest absolute Gasteiger partial charge is 0.497 e. The molecule has 0 aliphatic heterocycles. The average molecular weight is 495 g/mol. The third-order valence-electron chi connectivity index (χ3n) is 5.35. The van der Waals surface area contributed by atoms with Gasteiger partial charge in [0.15, 0.2) is 23.3 Å². The minimum absolute atomic E-state index is 0.598. The first-order valence-corrected chi connectivity index (χ1v) is 11.5. The molecular weight excluding hydrogens is 459 g/mol. The molecule has 0 heterocycles. The van der Waals surface area contributed by atoms with Gasteiger partial charge < -0.3 is 4.74 Å². The van der Waals surface area contributed by atoms with Crippen LogP contribution in [0.3, 0.4) is 0 Å². The van der Waals surface area contributed by atoms with Crippen LogP contribution >= 0.6 is 0 Å². The fraction of sp³-hybridized carbons (Fsp3) is 0.379. The Bertz CT molecular complexity index is 1030. The second-order valence-corrected chi connectivity index (χ2v) is 9.13. The van der Waals surface area contributed by atoms with Crippen molar-refractivity contribution >= 4 is 0 Å². The highest BCUT2D eigenvalue weighted by Gasteiger charge is 2.26. The second-order valence-electron chi connectivity index (χ2n) is 9.13. The second kappa shape index (κ2) is 13.9. The molecule has 0 atom stereocenters. The first kappa shape index (κ1) is 30.1. The Balaban J connectivity index is 0.000000267. The summed E-state index contributed by atoms with van der Waals surface area (Å²) in [5.41, 5.74) is 3.34. The molecule has 0 spiro atoms. The van der Waals surface area contributed by atoms with Crippen molar-refractivity contribution in [3.63, 3.8) is 0 Å². The zero-order valence-electron chi connectivity index (χ0n) is 21.6. The molecule has 0 aromatic heterocycles. The van der Waals surface area contributed by atoms with Gasteiger partial charge in [-0.2, -0.15) is 0 Å². The van der Waals surface area contributed by atoms with Crippen molar-refractivity contribution in [2.45, 2.75) is 66.2 Å². The van der Waals surface area contributed by atoms with Crippen LogP contribution in [-0.4, -0.2) is 7.11 Å². The van der Waals surface area contributed by atoms with Crippen molar-refractivity contribution in [2.24, 2.45) is 0 Å². The molecule has 35 heavy (non-hydrogen) atoms. The molecule has 1 nitrogen and oxygen atoms in total. The van der Waals surface area contributed by atoms with Crippen LogP contribution in [0.2, 0.25) is 0 Å². The topological polar surface area (TPSA) is 9.23 Å². The highest BCUT2D eigenvalue weighted by Crippen LogP contribution is 2.28. The first-order chi connectivity index (χ1) is 16.3. The Kier molecular flexibility index (Phi) is 11.9. The lowest BCUT2D eigenvalue weighted by molar-refractivity contribution is 0.366. The molecule has 3 rings (SSSR count). The van der Waals surface area contributed by atoms with Gasteiger partial charge in [0.1, 0.15) is 5.75 Å². The Hall–Kier alpha value is -2.89. The molecule has 0 fully saturated rings. The Morgan fingerprint density at radius 1 is 0.514 bits per heavy atom. The summed E-state index contributed by atoms with van der Waals surface area (Å²) in [7, 11) is 1.68. The van der Waals surface area contributed by atoms with Crippen molar-refractivity contribution in [2.75, 3.05) is 7.11 Å². The minimum Gasteiger partial charge on any atom is -0.497 e. The lowest BCUT2D eigenvalue weighted by Gasteiger charge is -2.10. The molecule has 0 N–H and O–H groups in total. The molecule has 0 saturated heterocycles. The number of aryl methyl sites for hydroxylation is 1. The quantitative estimate of drug-likeness (QED) is 0.199. The zero-order valence-corrected chi connectivity index (χ0v) is 21.6. The predicted octanol–water partition coefficient (Wildman–Crippen LogP) is 9.44. The Morgan fingerprint density at radius 2 is 0.857 bits per heavy atom. The van der Waals surface area contributed by atoms with Crippen LogP contribution in [0.1, 0.15) is 81.5 Å². The fourth-order valence-corrected chi connectivity index (χ4v) is 3.07. The van der Waals surface area contributed by atoms with Gasteiger partial charge in [0.25, 0.3) is 0 Å². The van der Waals surface area contributed by atoms with Crippen molar-refractivity contribution < 1.29 is 26.7 Å². The molecule has 0 unspecified atom stereocenters. The van der Waals surface area contributed by atoms with Crippen molar-refractivity contribution in [1.82, 2.24) is 0 Å². The molecular formula is C29H35F5O. The van der Waals surface area contributed by atoms with E-state index in [-0.39, 0.29) is 0 Å². The summed E-state index contributed by atoms with van der Waals surface area (Å²) in [4.78, 5) is 0. The fourth-order valence-electron chi connectivity index (χ4n) is 3.07. The van der Waals surface area contributed by atoms with Crippen LogP contribution in [0.5, 0.6) is 5.75 Å². The van der Waals surface area contributed by atoms with Gasteiger partial charge in [-0.15, -0.1) is 0 Å². The normalized spacial score (nSPS) is 10.6. The number of halogens is 5. The van der Waals surface area contributed by atoms with E-state index in [9.17, 15) is 22.0 Å². The highest BCUT2D eigenvalue weighted by atomic mass is 19.2. The van der Waals surface area contributed by atoms with E-state index in [0.717, 1.165) is 5.75 Å². The maximum atomic E-state index is 12.9. The summed E-state index contributed by atoms with van der Waals surface area (Å²) in [6.07, 6.45) is 0. The van der Waals surface area contributed by atoms with Crippen LogP contribution in [0, 0.1) is 36.0 Å². The van der Waals surface area contributed by atoms with Gasteiger partial charge >= 0.3 is 0 Å². The third-order valence-corrected chi connectivity index (χ3v) is 5.35. The van der Waals surface area contributed by atoms with E-state index < -0.39 is 40.6 Å². The highest BCUT2D eigenvalue weighted by molar-refractivity contribution is 5.29. The lowest BCUT2D eigenvalue weighted by Crippen LogP contribution is -2.08. The summed E-state index contributed by atoms with van der Waals surface area (Å²) >= 11 is 0. The van der Waals surface area contributed by atoms with E-state index in [1.54, 1.807) is 7.11 Å². The van der Waals surface area contributed by atoms with E-state index in [4.69, 9.17) is 4.74 Å². The molecule has 0 amide bonds. The number of ether oxygens (including phenoxy) is 1. The van der Waals surface area contributed by atoms with E-state index in [1.165, 1.54) is 30.5 Å². The summed E-state index contributed by atoms with van der Waals surface area (Å²) in [5, 5.41) is 0. The van der Waals surface area contributed by atoms with Gasteiger partial charge in [-0.25, -0.2) is 22.0 Å². The summed E-state index contributed by atoms with van der Waals surface area (Å²) in [6.45, 7) is 13.6. The molecule has 0 aliphatic carbocycles. The predicted molar refractivity (Wildman–Crippen MR) is 133 cm³/mol. The lowest BCUT2D eigenvalue weighted by atomic mass is 10.0. The van der Waals surface area contributed by atoms with Crippen LogP contribution < -0.4 is 4.74 Å². The SMILES string of the molecule is CC(C)c1c(F)c(F)c(F)c(F)c1F.COc1ccc(C(C)C)cc1.Cc1ccc(C(C)C)cc1. The standard InChI is InChI=1S/C10H14O.C10H14.C9H7F5/c1-8(2)9-4-6-10(11-3)7-5-9;1-8(2)10-6-4-9(3)5-7-10;1-3(2)4-5(10)7(12)9(14)8(13)6(4)11/h4-8H,1-3H3;4-8H,1-3H3;3H,1-2H3. The van der Waals surface area contributed by atoms with Crippen LogP contribution in [0.4, 0.5) is 22.0 Å². The van der Waals surface area contributed by atoms with Gasteiger partial charge in [0, 0.05) is 5.56 Å². The molecule has 6 heteroatoms. The van der Waals surface area contributed by atoms with E-state index in [2.05, 4.69) is 71.0 Å². The zero-order chi connectivity index (χ0) is 26.9. The molecule has 0 bridgehead atoms. The Labute approximate surface area is 206 Å². The number of rotatable bonds is 4. The van der Waals surface area contributed by atoms with Gasteiger partial charge in [-0.3, -0.25) is 0 Å². The summed E-state index contributed by atoms with van der Waals surface area (Å²) in [5.74, 6) is -8.01. The maximum Gasteiger partial charge on any atom is 0.200 e. The molecule has 3 aromatic rings. The number of methoxy groups -OCH3 is 1. The number of hydrogen-bond donors (Lipinski definition) is 0. The van der Waals surface area contributed by atoms with Crippen molar-refractivity contribution in [3.8, 4) is 5.75 Å². The first-order valence-electron chi connectivity index (χ1n) is 11.5.